The fourth-order valence-electron chi connectivity index (χ4n) is 3.27. The molecule has 3 rings (SSSR count). The fourth-order valence-corrected chi connectivity index (χ4v) is 3.27. The molecule has 0 saturated heterocycles. The van der Waals surface area contributed by atoms with Gasteiger partial charge in [0, 0.05) is 19.0 Å². The Hall–Kier alpha value is -1.52. The van der Waals surface area contributed by atoms with Gasteiger partial charge in [0.05, 0.1) is 0 Å². The molecule has 0 aliphatic carbocycles. The Bertz CT molecular complexity index is 658. The second kappa shape index (κ2) is 6.71. The number of fused-ring (bicyclic) bond motifs is 1. The van der Waals surface area contributed by atoms with Crippen LogP contribution in [0.25, 0.3) is 0 Å². The van der Waals surface area contributed by atoms with E-state index in [0.29, 0.717) is 0 Å². The first-order chi connectivity index (χ1) is 10.1. The van der Waals surface area contributed by atoms with E-state index in [1.165, 1.54) is 11.1 Å². The number of phenols is 2. The summed E-state index contributed by atoms with van der Waals surface area (Å²) in [6.07, 6.45) is 0.898. The topological polar surface area (TPSA) is 43.7 Å². The van der Waals surface area contributed by atoms with E-state index < -0.39 is 0 Å². The van der Waals surface area contributed by atoms with Gasteiger partial charge >= 0.3 is 0 Å². The normalized spacial score (nSPS) is 18.2. The largest absolute Gasteiger partial charge is 0.504 e. The maximum absolute atomic E-state index is 10.0. The minimum atomic E-state index is -0.0169. The number of hydrogen-bond acceptors (Lipinski definition) is 3. The molecule has 0 saturated carbocycles. The molecule has 0 radical (unpaired) electrons. The Morgan fingerprint density at radius 1 is 1.14 bits per heavy atom. The molecule has 1 heterocycles. The van der Waals surface area contributed by atoms with Crippen LogP contribution in [-0.4, -0.2) is 35.3 Å². The average Bonchev–Trinajstić information content (AvgIpc) is 2.65. The van der Waals surface area contributed by atoms with E-state index in [4.69, 9.17) is 0 Å². The van der Waals surface area contributed by atoms with E-state index in [1.54, 1.807) is 6.07 Å². The van der Waals surface area contributed by atoms with Crippen molar-refractivity contribution in [2.24, 2.45) is 0 Å². The predicted octanol–water partition coefficient (Wildman–Crippen LogP) is 3.60. The van der Waals surface area contributed by atoms with E-state index in [1.807, 2.05) is 25.1 Å². The molecule has 0 aromatic heterocycles. The molecule has 4 heteroatoms. The van der Waals surface area contributed by atoms with Crippen molar-refractivity contribution in [1.29, 1.82) is 0 Å². The highest BCUT2D eigenvalue weighted by Crippen LogP contribution is 2.40. The Labute approximate surface area is 142 Å². The molecule has 0 spiro atoms. The van der Waals surface area contributed by atoms with Crippen molar-refractivity contribution in [3.05, 3.63) is 58.7 Å². The van der Waals surface area contributed by atoms with E-state index in [9.17, 15) is 10.2 Å². The van der Waals surface area contributed by atoms with Gasteiger partial charge in [-0.1, -0.05) is 30.3 Å². The lowest BCUT2D eigenvalue weighted by atomic mass is 9.86. The summed E-state index contributed by atoms with van der Waals surface area (Å²) in [6.45, 7) is 3.77. The van der Waals surface area contributed by atoms with Gasteiger partial charge in [0.2, 0.25) is 0 Å². The molecule has 3 nitrogen and oxygen atoms in total. The molecule has 0 fully saturated rings. The van der Waals surface area contributed by atoms with Gasteiger partial charge < -0.3 is 15.1 Å². The highest BCUT2D eigenvalue weighted by molar-refractivity contribution is 8.93. The third-order valence-corrected chi connectivity index (χ3v) is 4.51. The third-order valence-electron chi connectivity index (χ3n) is 4.51. The number of halogens is 1. The molecule has 1 aliphatic heterocycles. The van der Waals surface area contributed by atoms with Crippen LogP contribution in [-0.2, 0) is 6.42 Å². The van der Waals surface area contributed by atoms with Gasteiger partial charge in [-0.05, 0) is 48.7 Å². The predicted molar refractivity (Wildman–Crippen MR) is 94.3 cm³/mol. The van der Waals surface area contributed by atoms with Crippen molar-refractivity contribution in [1.82, 2.24) is 4.90 Å². The summed E-state index contributed by atoms with van der Waals surface area (Å²) in [4.78, 5) is 2.31. The summed E-state index contributed by atoms with van der Waals surface area (Å²) in [5.41, 5.74) is 4.36. The zero-order valence-corrected chi connectivity index (χ0v) is 14.6. The number of hydrogen-bond donors (Lipinski definition) is 2. The van der Waals surface area contributed by atoms with Crippen LogP contribution in [0.2, 0.25) is 0 Å². The second-order valence-electron chi connectivity index (χ2n) is 5.91. The first-order valence-corrected chi connectivity index (χ1v) is 7.35. The van der Waals surface area contributed by atoms with Gasteiger partial charge in [0.15, 0.2) is 11.5 Å². The Morgan fingerprint density at radius 3 is 2.50 bits per heavy atom. The Balaban J connectivity index is 0.00000176. The van der Waals surface area contributed by atoms with E-state index in [2.05, 4.69) is 24.1 Å². The zero-order valence-electron chi connectivity index (χ0n) is 12.9. The lowest BCUT2D eigenvalue weighted by Crippen LogP contribution is -2.24. The number of rotatable bonds is 1. The van der Waals surface area contributed by atoms with Crippen molar-refractivity contribution < 1.29 is 10.2 Å². The smallest absolute Gasteiger partial charge is 0.160 e. The first-order valence-electron chi connectivity index (χ1n) is 7.35. The lowest BCUT2D eigenvalue weighted by molar-refractivity contribution is 0.338. The highest BCUT2D eigenvalue weighted by atomic mass is 79.9. The molecule has 2 aromatic carbocycles. The number of nitrogens with zero attached hydrogens (tertiary/aromatic N) is 1. The lowest BCUT2D eigenvalue weighted by Gasteiger charge is -2.23. The Kier molecular flexibility index (Phi) is 5.14. The van der Waals surface area contributed by atoms with E-state index in [-0.39, 0.29) is 34.4 Å². The van der Waals surface area contributed by atoms with Crippen LogP contribution >= 0.6 is 17.0 Å². The van der Waals surface area contributed by atoms with Gasteiger partial charge in [-0.15, -0.1) is 17.0 Å². The SMILES string of the molecule is Br.Cc1c(O)c(O)cc2c1CCN(C)CC2c1ccccc1. The maximum Gasteiger partial charge on any atom is 0.160 e. The standard InChI is InChI=1S/C18H21NO2.BrH/c1-12-14-8-9-19(2)11-16(13-6-4-3-5-7-13)15(14)10-17(20)18(12)21;/h3-7,10,16,20-21H,8-9,11H2,1-2H3;1H. The van der Waals surface area contributed by atoms with Crippen LogP contribution in [0.5, 0.6) is 11.5 Å². The summed E-state index contributed by atoms with van der Waals surface area (Å²) in [6, 6.07) is 12.1. The number of likely N-dealkylation sites (N-methyl/N-ethyl adjacent to an activating group) is 1. The molecular formula is C18H22BrNO2. The molecule has 2 N–H and O–H groups in total. The van der Waals surface area contributed by atoms with Crippen LogP contribution in [0.4, 0.5) is 0 Å². The minimum absolute atomic E-state index is 0. The summed E-state index contributed by atoms with van der Waals surface area (Å²) in [7, 11) is 2.12. The van der Waals surface area contributed by atoms with Crippen molar-refractivity contribution >= 4 is 17.0 Å². The molecule has 1 unspecified atom stereocenters. The molecular weight excluding hydrogens is 342 g/mol. The van der Waals surface area contributed by atoms with Crippen LogP contribution in [0.3, 0.4) is 0 Å². The summed E-state index contributed by atoms with van der Waals surface area (Å²) in [5, 5.41) is 20.0. The van der Waals surface area contributed by atoms with Crippen LogP contribution < -0.4 is 0 Å². The highest BCUT2D eigenvalue weighted by Gasteiger charge is 2.26. The van der Waals surface area contributed by atoms with Gasteiger partial charge in [0.25, 0.3) is 0 Å². The Morgan fingerprint density at radius 2 is 1.82 bits per heavy atom. The van der Waals surface area contributed by atoms with Crippen LogP contribution in [0.1, 0.15) is 28.2 Å². The number of aromatic hydroxyl groups is 2. The monoisotopic (exact) mass is 363 g/mol. The van der Waals surface area contributed by atoms with Gasteiger partial charge in [0.1, 0.15) is 0 Å². The molecule has 118 valence electrons. The van der Waals surface area contributed by atoms with E-state index in [0.717, 1.165) is 30.6 Å². The van der Waals surface area contributed by atoms with Crippen molar-refractivity contribution in [3.63, 3.8) is 0 Å². The summed E-state index contributed by atoms with van der Waals surface area (Å²) < 4.78 is 0. The molecule has 1 atom stereocenters. The molecule has 0 bridgehead atoms. The van der Waals surface area contributed by atoms with Crippen molar-refractivity contribution in [2.45, 2.75) is 19.3 Å². The van der Waals surface area contributed by atoms with E-state index >= 15 is 0 Å². The fraction of sp³-hybridized carbons (Fsp3) is 0.333. The van der Waals surface area contributed by atoms with Crippen molar-refractivity contribution in [3.8, 4) is 11.5 Å². The van der Waals surface area contributed by atoms with Gasteiger partial charge in [-0.3, -0.25) is 0 Å². The second-order valence-corrected chi connectivity index (χ2v) is 5.91. The van der Waals surface area contributed by atoms with Gasteiger partial charge in [-0.2, -0.15) is 0 Å². The van der Waals surface area contributed by atoms with Crippen LogP contribution in [0.15, 0.2) is 36.4 Å². The number of benzene rings is 2. The summed E-state index contributed by atoms with van der Waals surface area (Å²) >= 11 is 0. The van der Waals surface area contributed by atoms with Crippen molar-refractivity contribution in [2.75, 3.05) is 20.1 Å². The molecule has 0 amide bonds. The zero-order chi connectivity index (χ0) is 15.0. The molecule has 1 aliphatic rings. The van der Waals surface area contributed by atoms with Crippen LogP contribution in [0, 0.1) is 6.92 Å². The maximum atomic E-state index is 10.0. The molecule has 22 heavy (non-hydrogen) atoms. The summed E-state index contributed by atoms with van der Waals surface area (Å²) in [5.74, 6) is 0.223. The first kappa shape index (κ1) is 16.8. The average molecular weight is 364 g/mol. The molecule has 2 aromatic rings. The van der Waals surface area contributed by atoms with Gasteiger partial charge in [-0.25, -0.2) is 0 Å². The quantitative estimate of drug-likeness (QED) is 0.760. The number of phenolic OH excluding ortho intramolecular Hbond substituents is 2. The minimum Gasteiger partial charge on any atom is -0.504 e. The third kappa shape index (κ3) is 2.99.